The fourth-order valence-electron chi connectivity index (χ4n) is 2.80. The molecule has 0 N–H and O–H groups in total. The van der Waals surface area contributed by atoms with Gasteiger partial charge in [-0.1, -0.05) is 10.3 Å². The van der Waals surface area contributed by atoms with Gasteiger partial charge in [0, 0.05) is 7.11 Å². The Labute approximate surface area is 121 Å². The number of aryl methyl sites for hydroxylation is 1. The van der Waals surface area contributed by atoms with E-state index in [9.17, 15) is 0 Å². The first kappa shape index (κ1) is 13.8. The Bertz CT molecular complexity index is 677. The van der Waals surface area contributed by atoms with Crippen LogP contribution in [0.1, 0.15) is 54.4 Å². The number of ether oxygens (including phenoxy) is 1. The quantitative estimate of drug-likeness (QED) is 0.850. The van der Waals surface area contributed by atoms with E-state index < -0.39 is 5.60 Å². The van der Waals surface area contributed by atoms with Crippen LogP contribution in [0.25, 0.3) is 0 Å². The number of nitriles is 1. The summed E-state index contributed by atoms with van der Waals surface area (Å²) in [6.07, 6.45) is 4.27. The van der Waals surface area contributed by atoms with Gasteiger partial charge in [0.05, 0.1) is 6.42 Å². The van der Waals surface area contributed by atoms with Gasteiger partial charge in [-0.25, -0.2) is 0 Å². The van der Waals surface area contributed by atoms with Crippen molar-refractivity contribution in [2.45, 2.75) is 44.6 Å². The third-order valence-corrected chi connectivity index (χ3v) is 4.04. The van der Waals surface area contributed by atoms with Crippen LogP contribution in [0.5, 0.6) is 0 Å². The summed E-state index contributed by atoms with van der Waals surface area (Å²) >= 11 is 0. The molecule has 110 valence electrons. The van der Waals surface area contributed by atoms with Gasteiger partial charge in [-0.2, -0.15) is 10.2 Å². The molecule has 0 amide bonds. The molecule has 3 rings (SSSR count). The molecule has 2 aromatic heterocycles. The highest BCUT2D eigenvalue weighted by Crippen LogP contribution is 2.40. The molecule has 0 unspecified atom stereocenters. The molecular formula is C14H16N4O3. The summed E-state index contributed by atoms with van der Waals surface area (Å²) < 4.78 is 15.9. The molecule has 0 spiro atoms. The summed E-state index contributed by atoms with van der Waals surface area (Å²) in [7, 11) is 1.68. The van der Waals surface area contributed by atoms with Crippen molar-refractivity contribution in [1.82, 2.24) is 15.3 Å². The van der Waals surface area contributed by atoms with Crippen molar-refractivity contribution in [3.63, 3.8) is 0 Å². The van der Waals surface area contributed by atoms with Crippen molar-refractivity contribution in [2.75, 3.05) is 7.11 Å². The molecule has 7 nitrogen and oxygen atoms in total. The molecule has 21 heavy (non-hydrogen) atoms. The van der Waals surface area contributed by atoms with Gasteiger partial charge in [-0.15, -0.1) is 0 Å². The Morgan fingerprint density at radius 3 is 2.71 bits per heavy atom. The Morgan fingerprint density at radius 1 is 1.29 bits per heavy atom. The maximum Gasteiger partial charge on any atom is 0.232 e. The third kappa shape index (κ3) is 2.32. The molecule has 2 heterocycles. The first-order valence-corrected chi connectivity index (χ1v) is 6.92. The van der Waals surface area contributed by atoms with Crippen LogP contribution in [0.15, 0.2) is 9.05 Å². The van der Waals surface area contributed by atoms with E-state index in [4.69, 9.17) is 19.0 Å². The van der Waals surface area contributed by atoms with Crippen LogP contribution in [-0.4, -0.2) is 22.4 Å². The van der Waals surface area contributed by atoms with Gasteiger partial charge in [-0.3, -0.25) is 0 Å². The normalized spacial score (nSPS) is 17.0. The van der Waals surface area contributed by atoms with E-state index >= 15 is 0 Å². The van der Waals surface area contributed by atoms with Gasteiger partial charge in [0.1, 0.15) is 22.9 Å². The lowest BCUT2D eigenvalue weighted by molar-refractivity contribution is -0.0178. The smallest absolute Gasteiger partial charge is 0.232 e. The highest BCUT2D eigenvalue weighted by atomic mass is 16.5. The Hall–Kier alpha value is -2.20. The van der Waals surface area contributed by atoms with Crippen molar-refractivity contribution < 1.29 is 13.8 Å². The maximum atomic E-state index is 9.09. The Kier molecular flexibility index (Phi) is 3.47. The average molecular weight is 288 g/mol. The molecule has 0 atom stereocenters. The Balaban J connectivity index is 1.84. The molecule has 0 aliphatic heterocycles. The van der Waals surface area contributed by atoms with E-state index in [1.54, 1.807) is 14.0 Å². The first-order valence-electron chi connectivity index (χ1n) is 6.92. The summed E-state index contributed by atoms with van der Waals surface area (Å²) in [5.74, 6) is 1.49. The minimum atomic E-state index is -0.431. The molecule has 1 saturated carbocycles. The highest BCUT2D eigenvalue weighted by Gasteiger charge is 2.40. The summed E-state index contributed by atoms with van der Waals surface area (Å²) in [4.78, 5) is 4.42. The molecular weight excluding hydrogens is 272 g/mol. The molecule has 0 saturated heterocycles. The van der Waals surface area contributed by atoms with Crippen molar-refractivity contribution in [3.8, 4) is 6.07 Å². The summed E-state index contributed by atoms with van der Waals surface area (Å²) in [6, 6.07) is 2.07. The molecule has 0 bridgehead atoms. The number of hydrogen-bond acceptors (Lipinski definition) is 7. The van der Waals surface area contributed by atoms with Crippen LogP contribution >= 0.6 is 0 Å². The lowest BCUT2D eigenvalue weighted by Crippen LogP contribution is -2.26. The van der Waals surface area contributed by atoms with Crippen LogP contribution in [0, 0.1) is 18.3 Å². The fourth-order valence-corrected chi connectivity index (χ4v) is 2.80. The number of hydrogen-bond donors (Lipinski definition) is 0. The van der Waals surface area contributed by atoms with Gasteiger partial charge in [0.15, 0.2) is 5.76 Å². The van der Waals surface area contributed by atoms with Gasteiger partial charge >= 0.3 is 0 Å². The molecule has 7 heteroatoms. The summed E-state index contributed by atoms with van der Waals surface area (Å²) in [5, 5.41) is 17.0. The van der Waals surface area contributed by atoms with Crippen molar-refractivity contribution in [3.05, 3.63) is 28.7 Å². The second-order valence-corrected chi connectivity index (χ2v) is 5.27. The lowest BCUT2D eigenvalue weighted by Gasteiger charge is -2.22. The molecule has 1 aliphatic carbocycles. The van der Waals surface area contributed by atoms with Crippen molar-refractivity contribution >= 4 is 0 Å². The standard InChI is InChI=1S/C14H16N4O3/c1-9-10(8-15)11(17-20-9)7-12-16-13(18-21-12)14(19-2)5-3-4-6-14/h3-7H2,1-2H3. The van der Waals surface area contributed by atoms with E-state index in [2.05, 4.69) is 21.4 Å². The van der Waals surface area contributed by atoms with E-state index in [1.807, 2.05) is 0 Å². The van der Waals surface area contributed by atoms with Gasteiger partial charge in [-0.05, 0) is 32.6 Å². The Morgan fingerprint density at radius 2 is 2.05 bits per heavy atom. The minimum absolute atomic E-state index is 0.285. The second-order valence-electron chi connectivity index (χ2n) is 5.27. The number of rotatable bonds is 4. The van der Waals surface area contributed by atoms with Crippen LogP contribution in [0.2, 0.25) is 0 Å². The van der Waals surface area contributed by atoms with E-state index in [-0.39, 0.29) is 6.42 Å². The SMILES string of the molecule is COC1(c2noc(Cc3noc(C)c3C#N)n2)CCCC1. The lowest BCUT2D eigenvalue weighted by atomic mass is 10.0. The van der Waals surface area contributed by atoms with Crippen LogP contribution < -0.4 is 0 Å². The third-order valence-electron chi connectivity index (χ3n) is 4.04. The van der Waals surface area contributed by atoms with Crippen molar-refractivity contribution in [2.24, 2.45) is 0 Å². The number of aromatic nitrogens is 3. The first-order chi connectivity index (χ1) is 10.2. The van der Waals surface area contributed by atoms with Gasteiger partial charge < -0.3 is 13.8 Å². The van der Waals surface area contributed by atoms with Crippen molar-refractivity contribution in [1.29, 1.82) is 5.26 Å². The van der Waals surface area contributed by atoms with Crippen LogP contribution in [-0.2, 0) is 16.8 Å². The van der Waals surface area contributed by atoms with E-state index in [0.717, 1.165) is 25.7 Å². The molecule has 0 radical (unpaired) electrons. The molecule has 1 aliphatic rings. The zero-order valence-corrected chi connectivity index (χ0v) is 12.0. The fraction of sp³-hybridized carbons (Fsp3) is 0.571. The number of methoxy groups -OCH3 is 1. The summed E-state index contributed by atoms with van der Waals surface area (Å²) in [5.41, 5.74) is 0.514. The number of nitrogens with zero attached hydrogens (tertiary/aromatic N) is 4. The topological polar surface area (TPSA) is 98.0 Å². The van der Waals surface area contributed by atoms with Crippen LogP contribution in [0.4, 0.5) is 0 Å². The predicted octanol–water partition coefficient (Wildman–Crippen LogP) is 2.24. The maximum absolute atomic E-state index is 9.09. The molecule has 1 fully saturated rings. The second kappa shape index (κ2) is 5.30. The molecule has 2 aromatic rings. The predicted molar refractivity (Wildman–Crippen MR) is 70.2 cm³/mol. The zero-order valence-electron chi connectivity index (χ0n) is 12.0. The largest absolute Gasteiger partial charge is 0.370 e. The average Bonchev–Trinajstić information content (AvgIpc) is 3.20. The highest BCUT2D eigenvalue weighted by molar-refractivity contribution is 5.36. The minimum Gasteiger partial charge on any atom is -0.370 e. The van der Waals surface area contributed by atoms with E-state index in [1.165, 1.54) is 0 Å². The van der Waals surface area contributed by atoms with E-state index in [0.29, 0.717) is 28.7 Å². The van der Waals surface area contributed by atoms with Gasteiger partial charge in [0.25, 0.3) is 0 Å². The molecule has 0 aromatic carbocycles. The monoisotopic (exact) mass is 288 g/mol. The van der Waals surface area contributed by atoms with Gasteiger partial charge in [0.2, 0.25) is 11.7 Å². The van der Waals surface area contributed by atoms with Crippen LogP contribution in [0.3, 0.4) is 0 Å². The summed E-state index contributed by atoms with van der Waals surface area (Å²) in [6.45, 7) is 1.70. The zero-order chi connectivity index (χ0) is 14.9.